The minimum Gasteiger partial charge on any atom is -0.392 e. The fourth-order valence-electron chi connectivity index (χ4n) is 2.59. The normalized spacial score (nSPS) is 17.0. The van der Waals surface area contributed by atoms with Gasteiger partial charge in [-0.1, -0.05) is 58.3 Å². The monoisotopic (exact) mass is 329 g/mol. The molecule has 23 heavy (non-hydrogen) atoms. The first kappa shape index (κ1) is 22.8. The molecule has 0 rings (SSSR count). The van der Waals surface area contributed by atoms with E-state index in [2.05, 4.69) is 24.5 Å². The van der Waals surface area contributed by atoms with Crippen LogP contribution < -0.4 is 10.6 Å². The van der Waals surface area contributed by atoms with E-state index in [1.807, 2.05) is 0 Å². The van der Waals surface area contributed by atoms with Crippen LogP contribution >= 0.6 is 0 Å². The zero-order valence-electron chi connectivity index (χ0n) is 15.7. The summed E-state index contributed by atoms with van der Waals surface area (Å²) < 4.78 is 0. The molecule has 139 valence electrons. The first-order chi connectivity index (χ1) is 11.0. The molecule has 4 N–H and O–H groups in total. The van der Waals surface area contributed by atoms with Crippen molar-refractivity contribution in [3.63, 3.8) is 0 Å². The molecule has 0 heterocycles. The quantitative estimate of drug-likeness (QED) is 0.329. The van der Waals surface area contributed by atoms with Crippen molar-refractivity contribution >= 4 is 0 Å². The van der Waals surface area contributed by atoms with Gasteiger partial charge in [0.1, 0.15) is 0 Å². The second-order valence-electron chi connectivity index (χ2n) is 6.88. The van der Waals surface area contributed by atoms with Crippen LogP contribution in [0.2, 0.25) is 0 Å². The maximum absolute atomic E-state index is 9.82. The van der Waals surface area contributed by atoms with E-state index in [-0.39, 0.29) is 12.1 Å². The molecular formula is C19H41N2O2. The Labute approximate surface area is 144 Å². The molecule has 0 aromatic rings. The van der Waals surface area contributed by atoms with Gasteiger partial charge < -0.3 is 20.8 Å². The van der Waals surface area contributed by atoms with Gasteiger partial charge in [-0.15, -0.1) is 0 Å². The summed E-state index contributed by atoms with van der Waals surface area (Å²) in [6, 6.07) is -0.196. The second-order valence-corrected chi connectivity index (χ2v) is 6.88. The van der Waals surface area contributed by atoms with Crippen LogP contribution in [0.4, 0.5) is 0 Å². The van der Waals surface area contributed by atoms with E-state index in [1.54, 1.807) is 13.8 Å². The average Bonchev–Trinajstić information content (AvgIpc) is 2.51. The van der Waals surface area contributed by atoms with Crippen LogP contribution in [0.25, 0.3) is 0 Å². The lowest BCUT2D eigenvalue weighted by Gasteiger charge is -2.25. The molecule has 0 fully saturated rings. The average molecular weight is 330 g/mol. The number of aliphatic hydroxyl groups excluding tert-OH is 2. The van der Waals surface area contributed by atoms with Crippen molar-refractivity contribution in [2.45, 2.75) is 103 Å². The topological polar surface area (TPSA) is 64.5 Å². The lowest BCUT2D eigenvalue weighted by molar-refractivity contribution is 0.128. The minimum atomic E-state index is -0.484. The predicted octanol–water partition coefficient (Wildman–Crippen LogP) is 3.03. The van der Waals surface area contributed by atoms with Gasteiger partial charge >= 0.3 is 0 Å². The molecule has 4 nitrogen and oxygen atoms in total. The van der Waals surface area contributed by atoms with Crippen molar-refractivity contribution in [2.75, 3.05) is 13.1 Å². The van der Waals surface area contributed by atoms with Gasteiger partial charge in [-0.3, -0.25) is 0 Å². The molecule has 0 saturated heterocycles. The van der Waals surface area contributed by atoms with E-state index in [9.17, 15) is 10.2 Å². The van der Waals surface area contributed by atoms with Gasteiger partial charge in [0.2, 0.25) is 0 Å². The van der Waals surface area contributed by atoms with Gasteiger partial charge in [0.05, 0.1) is 12.2 Å². The number of unbranched alkanes of at least 4 members (excludes halogenated alkanes) is 8. The fourth-order valence-corrected chi connectivity index (χ4v) is 2.59. The van der Waals surface area contributed by atoms with Crippen LogP contribution in [0, 0.1) is 6.92 Å². The molecule has 4 atom stereocenters. The molecule has 0 saturated carbocycles. The molecule has 0 bridgehead atoms. The number of aliphatic hydroxyl groups is 2. The van der Waals surface area contributed by atoms with E-state index >= 15 is 0 Å². The Morgan fingerprint density at radius 1 is 0.783 bits per heavy atom. The maximum Gasteiger partial charge on any atom is 0.0677 e. The Hall–Kier alpha value is -0.160. The van der Waals surface area contributed by atoms with Crippen LogP contribution in [0.3, 0.4) is 0 Å². The Bertz CT molecular complexity index is 248. The molecule has 0 aromatic heterocycles. The number of nitrogens with one attached hydrogen (secondary N) is 2. The van der Waals surface area contributed by atoms with Crippen molar-refractivity contribution in [3.8, 4) is 0 Å². The van der Waals surface area contributed by atoms with Gasteiger partial charge in [-0.2, -0.15) is 0 Å². The molecule has 0 aliphatic heterocycles. The lowest BCUT2D eigenvalue weighted by atomic mass is 10.1. The van der Waals surface area contributed by atoms with Crippen molar-refractivity contribution in [1.29, 1.82) is 0 Å². The molecule has 0 aromatic carbocycles. The lowest BCUT2D eigenvalue weighted by Crippen LogP contribution is -2.49. The van der Waals surface area contributed by atoms with Gasteiger partial charge in [0, 0.05) is 18.6 Å². The summed E-state index contributed by atoms with van der Waals surface area (Å²) in [6.45, 7) is 11.2. The van der Waals surface area contributed by atoms with Crippen LogP contribution in [-0.4, -0.2) is 47.6 Å². The van der Waals surface area contributed by atoms with Crippen molar-refractivity contribution in [1.82, 2.24) is 10.6 Å². The third kappa shape index (κ3) is 13.9. The third-order valence-electron chi connectivity index (χ3n) is 4.45. The van der Waals surface area contributed by atoms with E-state index in [0.29, 0.717) is 6.54 Å². The van der Waals surface area contributed by atoms with E-state index < -0.39 is 12.2 Å². The molecule has 4 heteroatoms. The SMILES string of the molecule is [CH2]C(NCC(NCCCCCCCCCCC)C(C)O)C(C)O. The zero-order chi connectivity index (χ0) is 17.5. The highest BCUT2D eigenvalue weighted by atomic mass is 16.3. The molecule has 4 unspecified atom stereocenters. The highest BCUT2D eigenvalue weighted by molar-refractivity contribution is 4.81. The largest absolute Gasteiger partial charge is 0.392 e. The third-order valence-corrected chi connectivity index (χ3v) is 4.45. The zero-order valence-corrected chi connectivity index (χ0v) is 15.7. The standard InChI is InChI=1S/C19H41N2O2/c1-5-6-7-8-9-10-11-12-13-14-20-19(18(4)23)15-21-16(2)17(3)22/h16-23H,2,5-15H2,1,3-4H3. The fraction of sp³-hybridized carbons (Fsp3) is 0.947. The second kappa shape index (κ2) is 15.4. The van der Waals surface area contributed by atoms with E-state index in [0.717, 1.165) is 13.0 Å². The smallest absolute Gasteiger partial charge is 0.0677 e. The molecule has 1 radical (unpaired) electrons. The van der Waals surface area contributed by atoms with Gasteiger partial charge in [0.25, 0.3) is 0 Å². The number of hydrogen-bond acceptors (Lipinski definition) is 4. The highest BCUT2D eigenvalue weighted by Crippen LogP contribution is 2.09. The molecule has 0 amide bonds. The van der Waals surface area contributed by atoms with Crippen LogP contribution in [0.5, 0.6) is 0 Å². The maximum atomic E-state index is 9.82. The summed E-state index contributed by atoms with van der Waals surface area (Å²) in [5.41, 5.74) is 0. The first-order valence-electron chi connectivity index (χ1n) is 9.65. The van der Waals surface area contributed by atoms with Gasteiger partial charge in [0.15, 0.2) is 0 Å². The summed E-state index contributed by atoms with van der Waals surface area (Å²) in [5.74, 6) is 0. The van der Waals surface area contributed by atoms with Crippen LogP contribution in [0.1, 0.15) is 78.6 Å². The van der Waals surface area contributed by atoms with Crippen molar-refractivity contribution < 1.29 is 10.2 Å². The number of hydrogen-bond donors (Lipinski definition) is 4. The minimum absolute atomic E-state index is 0.00652. The molecule has 0 aliphatic rings. The summed E-state index contributed by atoms with van der Waals surface area (Å²) in [4.78, 5) is 0. The van der Waals surface area contributed by atoms with Gasteiger partial charge in [-0.25, -0.2) is 0 Å². The summed E-state index contributed by atoms with van der Waals surface area (Å²) in [6.07, 6.45) is 11.0. The van der Waals surface area contributed by atoms with Gasteiger partial charge in [-0.05, 0) is 33.7 Å². The molecule has 0 aliphatic carbocycles. The van der Waals surface area contributed by atoms with Crippen molar-refractivity contribution in [2.24, 2.45) is 0 Å². The Morgan fingerprint density at radius 2 is 1.30 bits per heavy atom. The molecule has 0 spiro atoms. The van der Waals surface area contributed by atoms with Crippen molar-refractivity contribution in [3.05, 3.63) is 6.92 Å². The van der Waals surface area contributed by atoms with Crippen LogP contribution in [0.15, 0.2) is 0 Å². The Morgan fingerprint density at radius 3 is 1.78 bits per heavy atom. The van der Waals surface area contributed by atoms with E-state index in [4.69, 9.17) is 0 Å². The Balaban J connectivity index is 3.57. The highest BCUT2D eigenvalue weighted by Gasteiger charge is 2.16. The summed E-state index contributed by atoms with van der Waals surface area (Å²) >= 11 is 0. The predicted molar refractivity (Wildman–Crippen MR) is 99.5 cm³/mol. The summed E-state index contributed by atoms with van der Waals surface area (Å²) in [5, 5.41) is 25.8. The number of rotatable bonds is 16. The van der Waals surface area contributed by atoms with Crippen LogP contribution in [-0.2, 0) is 0 Å². The summed E-state index contributed by atoms with van der Waals surface area (Å²) in [7, 11) is 0. The first-order valence-corrected chi connectivity index (χ1v) is 9.65. The Kier molecular flexibility index (Phi) is 15.3. The molecular weight excluding hydrogens is 288 g/mol. The van der Waals surface area contributed by atoms with E-state index in [1.165, 1.54) is 51.4 Å².